The van der Waals surface area contributed by atoms with Crippen molar-refractivity contribution in [3.63, 3.8) is 0 Å². The molecule has 3 saturated heterocycles. The largest absolute Gasteiger partial charge is 0.394 e. The fourth-order valence-corrected chi connectivity index (χ4v) is 5.21. The van der Waals surface area contributed by atoms with E-state index in [1.54, 1.807) is 7.11 Å². The van der Waals surface area contributed by atoms with E-state index in [1.165, 1.54) is 0 Å². The molecule has 12 nitrogen and oxygen atoms in total. The highest BCUT2D eigenvalue weighted by Crippen LogP contribution is 2.32. The van der Waals surface area contributed by atoms with Crippen LogP contribution in [0.4, 0.5) is 0 Å². The Kier molecular flexibility index (Phi) is 11.5. The average Bonchev–Trinajstić information content (AvgIpc) is 2.89. The van der Waals surface area contributed by atoms with E-state index in [0.29, 0.717) is 12.8 Å². The van der Waals surface area contributed by atoms with Gasteiger partial charge in [0.05, 0.1) is 56.3 Å². The van der Waals surface area contributed by atoms with Gasteiger partial charge in [-0.15, -0.1) is 0 Å². The highest BCUT2D eigenvalue weighted by atomic mass is 16.7. The van der Waals surface area contributed by atoms with Crippen LogP contribution in [0.15, 0.2) is 0 Å². The molecule has 0 amide bonds. The zero-order chi connectivity index (χ0) is 25.5. The van der Waals surface area contributed by atoms with Gasteiger partial charge in [-0.3, -0.25) is 0 Å². The summed E-state index contributed by atoms with van der Waals surface area (Å²) in [6.45, 7) is 1.49. The molecule has 0 saturated carbocycles. The molecule has 0 aromatic rings. The number of aliphatic hydroxyl groups excluding tert-OH is 3. The predicted molar refractivity (Wildman–Crippen MR) is 126 cm³/mol. The Morgan fingerprint density at radius 1 is 0.657 bits per heavy atom. The van der Waals surface area contributed by atoms with Crippen LogP contribution in [-0.2, 0) is 28.4 Å². The summed E-state index contributed by atoms with van der Waals surface area (Å²) in [5, 5.41) is 39.3. The SMILES string of the molecule is CNC1CC(OC2OC(CO)C(OC3OC(CO)C(C)CC3NC)CC2NC)C(CO)OC1OC. The van der Waals surface area contributed by atoms with E-state index >= 15 is 0 Å². The van der Waals surface area contributed by atoms with Crippen molar-refractivity contribution < 1.29 is 43.7 Å². The quantitative estimate of drug-likeness (QED) is 0.186. The second kappa shape index (κ2) is 13.9. The van der Waals surface area contributed by atoms with Crippen LogP contribution in [0.2, 0.25) is 0 Å². The van der Waals surface area contributed by atoms with E-state index < -0.39 is 43.3 Å². The van der Waals surface area contributed by atoms with Crippen LogP contribution in [0.25, 0.3) is 0 Å². The van der Waals surface area contributed by atoms with Crippen LogP contribution in [0.5, 0.6) is 0 Å². The first-order chi connectivity index (χ1) is 16.9. The second-order valence-electron chi connectivity index (χ2n) is 9.63. The molecule has 0 radical (unpaired) electrons. The highest BCUT2D eigenvalue weighted by Gasteiger charge is 2.46. The standard InChI is InChI=1S/C23H45N3O9/c1-12-6-13(24-2)22(33-18(12)9-27)31-17-8-15(26-4)23(35-20(17)11-29)32-16-7-14(25-3)21(30-5)34-19(16)10-28/h12-29H,6-11H2,1-5H3. The molecule has 3 heterocycles. The summed E-state index contributed by atoms with van der Waals surface area (Å²) < 4.78 is 36.2. The Balaban J connectivity index is 1.67. The molecule has 0 aromatic carbocycles. The van der Waals surface area contributed by atoms with Crippen LogP contribution in [0.3, 0.4) is 0 Å². The van der Waals surface area contributed by atoms with Crippen molar-refractivity contribution in [1.29, 1.82) is 0 Å². The topological polar surface area (TPSA) is 152 Å². The molecule has 6 N–H and O–H groups in total. The van der Waals surface area contributed by atoms with E-state index in [4.69, 9.17) is 28.4 Å². The van der Waals surface area contributed by atoms with Gasteiger partial charge in [0.15, 0.2) is 18.9 Å². The fraction of sp³-hybridized carbons (Fsp3) is 1.00. The Morgan fingerprint density at radius 2 is 1.06 bits per heavy atom. The van der Waals surface area contributed by atoms with Gasteiger partial charge in [0, 0.05) is 7.11 Å². The summed E-state index contributed by atoms with van der Waals surface area (Å²) in [5.74, 6) is 0.188. The first-order valence-electron chi connectivity index (χ1n) is 12.6. The average molecular weight is 508 g/mol. The van der Waals surface area contributed by atoms with Crippen molar-refractivity contribution in [2.24, 2.45) is 5.92 Å². The number of rotatable bonds is 11. The lowest BCUT2D eigenvalue weighted by Gasteiger charge is -2.47. The number of likely N-dealkylation sites (N-methyl/N-ethyl adjacent to an activating group) is 3. The normalized spacial score (nSPS) is 44.9. The number of hydrogen-bond donors (Lipinski definition) is 6. The van der Waals surface area contributed by atoms with Crippen molar-refractivity contribution in [3.8, 4) is 0 Å². The lowest BCUT2D eigenvalue weighted by atomic mass is 9.92. The second-order valence-corrected chi connectivity index (χ2v) is 9.63. The third kappa shape index (κ3) is 6.89. The van der Waals surface area contributed by atoms with E-state index in [9.17, 15) is 15.3 Å². The Bertz CT molecular complexity index is 621. The lowest BCUT2D eigenvalue weighted by Crippen LogP contribution is -2.61. The molecule has 12 unspecified atom stereocenters. The number of nitrogens with one attached hydrogen (secondary N) is 3. The predicted octanol–water partition coefficient (Wildman–Crippen LogP) is -1.87. The molecule has 3 aliphatic heterocycles. The summed E-state index contributed by atoms with van der Waals surface area (Å²) in [6, 6.07) is -0.400. The zero-order valence-corrected chi connectivity index (χ0v) is 21.5. The van der Waals surface area contributed by atoms with Crippen LogP contribution in [0, 0.1) is 5.92 Å². The van der Waals surface area contributed by atoms with E-state index in [0.717, 1.165) is 6.42 Å². The minimum absolute atomic E-state index is 0.0499. The van der Waals surface area contributed by atoms with E-state index in [-0.39, 0.29) is 50.0 Å². The van der Waals surface area contributed by atoms with Crippen LogP contribution in [0.1, 0.15) is 26.2 Å². The molecular weight excluding hydrogens is 462 g/mol. The van der Waals surface area contributed by atoms with Crippen LogP contribution < -0.4 is 16.0 Å². The van der Waals surface area contributed by atoms with Gasteiger partial charge in [0.1, 0.15) is 12.2 Å². The maximum Gasteiger partial charge on any atom is 0.173 e. The Labute approximate surface area is 207 Å². The van der Waals surface area contributed by atoms with Gasteiger partial charge in [0.25, 0.3) is 0 Å². The molecule has 0 bridgehead atoms. The molecule has 12 atom stereocenters. The minimum atomic E-state index is -0.686. The van der Waals surface area contributed by atoms with Gasteiger partial charge in [0.2, 0.25) is 0 Å². The van der Waals surface area contributed by atoms with Crippen LogP contribution in [-0.4, -0.2) is 131 Å². The van der Waals surface area contributed by atoms with Crippen LogP contribution >= 0.6 is 0 Å². The van der Waals surface area contributed by atoms with Gasteiger partial charge in [-0.1, -0.05) is 6.92 Å². The monoisotopic (exact) mass is 507 g/mol. The summed E-state index contributed by atoms with van der Waals surface area (Å²) in [4.78, 5) is 0. The maximum absolute atomic E-state index is 10.1. The molecule has 3 aliphatic rings. The van der Waals surface area contributed by atoms with Crippen molar-refractivity contribution in [2.45, 2.75) is 93.7 Å². The molecule has 12 heteroatoms. The van der Waals surface area contributed by atoms with Crippen molar-refractivity contribution in [2.75, 3.05) is 48.1 Å². The maximum atomic E-state index is 10.1. The van der Waals surface area contributed by atoms with Gasteiger partial charge >= 0.3 is 0 Å². The Morgan fingerprint density at radius 3 is 1.49 bits per heavy atom. The smallest absolute Gasteiger partial charge is 0.173 e. The summed E-state index contributed by atoms with van der Waals surface area (Å²) in [6.07, 6.45) is -2.32. The van der Waals surface area contributed by atoms with Crippen molar-refractivity contribution in [1.82, 2.24) is 16.0 Å². The van der Waals surface area contributed by atoms with Crippen molar-refractivity contribution in [3.05, 3.63) is 0 Å². The summed E-state index contributed by atoms with van der Waals surface area (Å²) in [5.41, 5.74) is 0. The van der Waals surface area contributed by atoms with Gasteiger partial charge in [-0.05, 0) is 46.3 Å². The first-order valence-corrected chi connectivity index (χ1v) is 12.6. The van der Waals surface area contributed by atoms with Gasteiger partial charge in [-0.25, -0.2) is 0 Å². The summed E-state index contributed by atoms with van der Waals surface area (Å²) >= 11 is 0. The molecule has 0 spiro atoms. The molecule has 0 aliphatic carbocycles. The fourth-order valence-electron chi connectivity index (χ4n) is 5.21. The third-order valence-electron chi connectivity index (χ3n) is 7.48. The first kappa shape index (κ1) is 29.1. The van der Waals surface area contributed by atoms with Gasteiger partial charge in [-0.2, -0.15) is 0 Å². The number of hydrogen-bond acceptors (Lipinski definition) is 12. The van der Waals surface area contributed by atoms with Gasteiger partial charge < -0.3 is 59.7 Å². The van der Waals surface area contributed by atoms with E-state index in [1.807, 2.05) is 28.1 Å². The molecule has 3 fully saturated rings. The number of ether oxygens (including phenoxy) is 6. The molecule has 35 heavy (non-hydrogen) atoms. The summed E-state index contributed by atoms with van der Waals surface area (Å²) in [7, 11) is 7.06. The molecule has 0 aromatic heterocycles. The third-order valence-corrected chi connectivity index (χ3v) is 7.48. The number of aliphatic hydroxyl groups is 3. The number of methoxy groups -OCH3 is 1. The zero-order valence-electron chi connectivity index (χ0n) is 21.5. The van der Waals surface area contributed by atoms with Crippen molar-refractivity contribution >= 4 is 0 Å². The highest BCUT2D eigenvalue weighted by molar-refractivity contribution is 4.91. The van der Waals surface area contributed by atoms with E-state index in [2.05, 4.69) is 16.0 Å². The lowest BCUT2D eigenvalue weighted by molar-refractivity contribution is -0.321. The minimum Gasteiger partial charge on any atom is -0.394 e. The molecule has 3 rings (SSSR count). The Hall–Kier alpha value is -0.480. The molecule has 206 valence electrons. The molecular formula is C23H45N3O9.